The number of fused-ring (bicyclic) bond motifs is 1. The van der Waals surface area contributed by atoms with Gasteiger partial charge in [-0.1, -0.05) is 0 Å². The van der Waals surface area contributed by atoms with Gasteiger partial charge < -0.3 is 4.74 Å². The lowest BCUT2D eigenvalue weighted by Crippen LogP contribution is -2.23. The zero-order chi connectivity index (χ0) is 6.48. The minimum Gasteiger partial charge on any atom is -0.368 e. The monoisotopic (exact) mass is 148 g/mol. The van der Waals surface area contributed by atoms with Crippen molar-refractivity contribution in [3.05, 3.63) is 0 Å². The maximum atomic E-state index is 10.8. The van der Waals surface area contributed by atoms with E-state index in [1.54, 1.807) is 0 Å². The summed E-state index contributed by atoms with van der Waals surface area (Å²) in [5, 5.41) is 0. The van der Waals surface area contributed by atoms with Crippen LogP contribution in [0.3, 0.4) is 0 Å². The molecule has 2 aliphatic rings. The second-order valence-electron chi connectivity index (χ2n) is 2.62. The minimum atomic E-state index is -2.72. The van der Waals surface area contributed by atoms with Gasteiger partial charge in [0.1, 0.15) is 0 Å². The predicted molar refractivity (Wildman–Crippen MR) is 31.9 cm³/mol. The van der Waals surface area contributed by atoms with E-state index in [9.17, 15) is 8.42 Å². The number of sulfone groups is 1. The van der Waals surface area contributed by atoms with Crippen molar-refractivity contribution >= 4 is 9.84 Å². The number of hydrogen-bond acceptors (Lipinski definition) is 3. The first-order valence-corrected chi connectivity index (χ1v) is 4.85. The Labute approximate surface area is 53.9 Å². The highest BCUT2D eigenvalue weighted by Crippen LogP contribution is 2.31. The van der Waals surface area contributed by atoms with Crippen LogP contribution in [0.1, 0.15) is 6.42 Å². The predicted octanol–water partition coefficient (Wildman–Crippen LogP) is -0.428. The Hall–Kier alpha value is -0.0900. The summed E-state index contributed by atoms with van der Waals surface area (Å²) in [5.41, 5.74) is 0. The van der Waals surface area contributed by atoms with Crippen molar-refractivity contribution in [2.45, 2.75) is 18.6 Å². The first-order chi connectivity index (χ1) is 4.17. The molecule has 9 heavy (non-hydrogen) atoms. The first kappa shape index (κ1) is 5.68. The van der Waals surface area contributed by atoms with Gasteiger partial charge in [0, 0.05) is 0 Å². The Kier molecular flexibility index (Phi) is 0.941. The molecule has 3 nitrogen and oxygen atoms in total. The van der Waals surface area contributed by atoms with E-state index >= 15 is 0 Å². The smallest absolute Gasteiger partial charge is 0.153 e. The third kappa shape index (κ3) is 0.966. The number of hydrogen-bond donors (Lipinski definition) is 0. The Balaban J connectivity index is 2.18. The maximum absolute atomic E-state index is 10.8. The quantitative estimate of drug-likeness (QED) is 0.438. The van der Waals surface area contributed by atoms with Gasteiger partial charge in [0.2, 0.25) is 0 Å². The summed E-state index contributed by atoms with van der Waals surface area (Å²) >= 11 is 0. The number of ether oxygens (including phenoxy) is 1. The summed E-state index contributed by atoms with van der Waals surface area (Å²) in [4.78, 5) is 0. The molecule has 0 amide bonds. The molecule has 0 radical (unpaired) electrons. The molecule has 0 aromatic heterocycles. The summed E-state index contributed by atoms with van der Waals surface area (Å²) in [5.74, 6) is 0.589. The van der Waals surface area contributed by atoms with E-state index in [1.165, 1.54) is 0 Å². The summed E-state index contributed by atoms with van der Waals surface area (Å²) in [7, 11) is -2.72. The SMILES string of the molecule is O=S1(=O)CCC2OC2C1. The molecule has 2 rings (SSSR count). The topological polar surface area (TPSA) is 46.7 Å². The molecule has 0 N–H and O–H groups in total. The minimum absolute atomic E-state index is 0.0590. The summed E-state index contributed by atoms with van der Waals surface area (Å²) in [6.07, 6.45) is 1.06. The molecular weight excluding hydrogens is 140 g/mol. The summed E-state index contributed by atoms with van der Waals surface area (Å²) in [6, 6.07) is 0. The van der Waals surface area contributed by atoms with Crippen LogP contribution in [0.5, 0.6) is 0 Å². The highest BCUT2D eigenvalue weighted by molar-refractivity contribution is 7.91. The first-order valence-electron chi connectivity index (χ1n) is 3.03. The molecule has 2 atom stereocenters. The second-order valence-corrected chi connectivity index (χ2v) is 4.84. The van der Waals surface area contributed by atoms with E-state index in [0.717, 1.165) is 0 Å². The molecule has 0 saturated carbocycles. The van der Waals surface area contributed by atoms with Crippen LogP contribution in [0.15, 0.2) is 0 Å². The van der Waals surface area contributed by atoms with Crippen molar-refractivity contribution in [1.82, 2.24) is 0 Å². The van der Waals surface area contributed by atoms with Crippen molar-refractivity contribution < 1.29 is 13.2 Å². The van der Waals surface area contributed by atoms with Crippen LogP contribution in [0.2, 0.25) is 0 Å². The lowest BCUT2D eigenvalue weighted by molar-refractivity contribution is 0.380. The van der Waals surface area contributed by atoms with E-state index in [1.807, 2.05) is 0 Å². The molecule has 0 spiro atoms. The van der Waals surface area contributed by atoms with Gasteiger partial charge in [-0.05, 0) is 6.42 Å². The van der Waals surface area contributed by atoms with Crippen LogP contribution in [0.4, 0.5) is 0 Å². The van der Waals surface area contributed by atoms with E-state index in [-0.39, 0.29) is 18.0 Å². The zero-order valence-electron chi connectivity index (χ0n) is 4.91. The Morgan fingerprint density at radius 3 is 2.67 bits per heavy atom. The third-order valence-corrected chi connectivity index (χ3v) is 3.51. The molecule has 0 aliphatic carbocycles. The average molecular weight is 148 g/mol. The third-order valence-electron chi connectivity index (χ3n) is 1.82. The van der Waals surface area contributed by atoms with Crippen LogP contribution in [0, 0.1) is 0 Å². The van der Waals surface area contributed by atoms with Gasteiger partial charge in [-0.15, -0.1) is 0 Å². The van der Waals surface area contributed by atoms with E-state index in [2.05, 4.69) is 0 Å². The van der Waals surface area contributed by atoms with Crippen molar-refractivity contribution in [1.29, 1.82) is 0 Å². The van der Waals surface area contributed by atoms with E-state index < -0.39 is 9.84 Å². The molecule has 4 heteroatoms. The molecule has 2 heterocycles. The molecule has 2 aliphatic heterocycles. The average Bonchev–Trinajstić information content (AvgIpc) is 2.41. The number of rotatable bonds is 0. The van der Waals surface area contributed by atoms with Gasteiger partial charge >= 0.3 is 0 Å². The molecular formula is C5H8O3S. The summed E-state index contributed by atoms with van der Waals surface area (Å²) in [6.45, 7) is 0. The van der Waals surface area contributed by atoms with Crippen LogP contribution in [-0.4, -0.2) is 32.1 Å². The van der Waals surface area contributed by atoms with Crippen molar-refractivity contribution in [2.75, 3.05) is 11.5 Å². The maximum Gasteiger partial charge on any atom is 0.153 e. The number of epoxide rings is 1. The van der Waals surface area contributed by atoms with Gasteiger partial charge in [-0.25, -0.2) is 8.42 Å². The Morgan fingerprint density at radius 1 is 1.33 bits per heavy atom. The van der Waals surface area contributed by atoms with Crippen molar-refractivity contribution in [3.63, 3.8) is 0 Å². The van der Waals surface area contributed by atoms with E-state index in [4.69, 9.17) is 4.74 Å². The van der Waals surface area contributed by atoms with E-state index in [0.29, 0.717) is 12.2 Å². The zero-order valence-corrected chi connectivity index (χ0v) is 5.73. The van der Waals surface area contributed by atoms with Crippen LogP contribution in [-0.2, 0) is 14.6 Å². The highest BCUT2D eigenvalue weighted by Gasteiger charge is 2.46. The van der Waals surface area contributed by atoms with Crippen LogP contribution >= 0.6 is 0 Å². The summed E-state index contributed by atoms with van der Waals surface area (Å²) < 4.78 is 26.6. The second kappa shape index (κ2) is 1.49. The molecule has 52 valence electrons. The Morgan fingerprint density at radius 2 is 2.11 bits per heavy atom. The normalized spacial score (nSPS) is 45.8. The van der Waals surface area contributed by atoms with Crippen molar-refractivity contribution in [2.24, 2.45) is 0 Å². The molecule has 0 aromatic carbocycles. The van der Waals surface area contributed by atoms with Crippen LogP contribution < -0.4 is 0 Å². The molecule has 0 bridgehead atoms. The molecule has 2 fully saturated rings. The molecule has 0 aromatic rings. The van der Waals surface area contributed by atoms with Gasteiger partial charge in [0.25, 0.3) is 0 Å². The fraction of sp³-hybridized carbons (Fsp3) is 1.00. The fourth-order valence-electron chi connectivity index (χ4n) is 1.21. The van der Waals surface area contributed by atoms with Gasteiger partial charge in [-0.3, -0.25) is 0 Å². The standard InChI is InChI=1S/C5H8O3S/c6-9(7)2-1-4-5(3-9)8-4/h4-5H,1-3H2. The van der Waals surface area contributed by atoms with Gasteiger partial charge in [0.05, 0.1) is 23.7 Å². The van der Waals surface area contributed by atoms with Gasteiger partial charge in [-0.2, -0.15) is 0 Å². The molecule has 2 unspecified atom stereocenters. The Bertz CT molecular complexity index is 218. The van der Waals surface area contributed by atoms with Gasteiger partial charge in [0.15, 0.2) is 9.84 Å². The van der Waals surface area contributed by atoms with Crippen LogP contribution in [0.25, 0.3) is 0 Å². The largest absolute Gasteiger partial charge is 0.368 e. The lowest BCUT2D eigenvalue weighted by Gasteiger charge is -2.04. The highest BCUT2D eigenvalue weighted by atomic mass is 32.2. The lowest BCUT2D eigenvalue weighted by atomic mass is 10.3. The molecule has 2 saturated heterocycles. The fourth-order valence-corrected chi connectivity index (χ4v) is 2.76. The van der Waals surface area contributed by atoms with Crippen molar-refractivity contribution in [3.8, 4) is 0 Å².